The van der Waals surface area contributed by atoms with Crippen molar-refractivity contribution in [2.24, 2.45) is 0 Å². The van der Waals surface area contributed by atoms with Gasteiger partial charge in [-0.15, -0.1) is 0 Å². The summed E-state index contributed by atoms with van der Waals surface area (Å²) in [5.74, 6) is 0.151. The zero-order chi connectivity index (χ0) is 20.8. The lowest BCUT2D eigenvalue weighted by molar-refractivity contribution is 0.0600. The minimum atomic E-state index is -0.442. The third-order valence-corrected chi connectivity index (χ3v) is 3.98. The number of amides is 1. The topological polar surface area (TPSA) is 102 Å². The fourth-order valence-electron chi connectivity index (χ4n) is 2.57. The fraction of sp³-hybridized carbons (Fsp3) is 0.143. The van der Waals surface area contributed by atoms with Gasteiger partial charge in [-0.25, -0.2) is 14.8 Å². The molecule has 0 radical (unpaired) electrons. The molecule has 29 heavy (non-hydrogen) atoms. The smallest absolute Gasteiger partial charge is 0.337 e. The van der Waals surface area contributed by atoms with E-state index in [1.54, 1.807) is 50.4 Å². The molecule has 0 aliphatic carbocycles. The number of nitrogens with one attached hydrogen (secondary N) is 2. The van der Waals surface area contributed by atoms with Crippen LogP contribution in [0.2, 0.25) is 0 Å². The molecular weight excluding hydrogens is 372 g/mol. The summed E-state index contributed by atoms with van der Waals surface area (Å²) in [5, 5.41) is 5.82. The molecule has 2 aromatic carbocycles. The van der Waals surface area contributed by atoms with E-state index in [9.17, 15) is 9.59 Å². The second kappa shape index (κ2) is 8.83. The fourth-order valence-corrected chi connectivity index (χ4v) is 2.57. The zero-order valence-electron chi connectivity index (χ0n) is 16.2. The van der Waals surface area contributed by atoms with E-state index in [1.807, 2.05) is 18.2 Å². The third-order valence-electron chi connectivity index (χ3n) is 3.98. The highest BCUT2D eigenvalue weighted by Crippen LogP contribution is 2.20. The monoisotopic (exact) mass is 392 g/mol. The van der Waals surface area contributed by atoms with Gasteiger partial charge in [0.1, 0.15) is 11.4 Å². The first-order valence-corrected chi connectivity index (χ1v) is 8.75. The maximum atomic E-state index is 12.6. The Labute approximate surface area is 167 Å². The Morgan fingerprint density at radius 1 is 0.931 bits per heavy atom. The molecule has 3 aromatic rings. The van der Waals surface area contributed by atoms with Gasteiger partial charge in [-0.1, -0.05) is 6.07 Å². The third kappa shape index (κ3) is 5.07. The van der Waals surface area contributed by atoms with Crippen LogP contribution in [0.25, 0.3) is 0 Å². The molecule has 3 rings (SSSR count). The van der Waals surface area contributed by atoms with E-state index in [1.165, 1.54) is 7.11 Å². The van der Waals surface area contributed by atoms with Crippen LogP contribution >= 0.6 is 0 Å². The molecule has 0 bridgehead atoms. The number of ether oxygens (including phenoxy) is 2. The molecule has 0 spiro atoms. The molecule has 1 aromatic heterocycles. The molecule has 0 fully saturated rings. The summed E-state index contributed by atoms with van der Waals surface area (Å²) in [5.41, 5.74) is 2.51. The van der Waals surface area contributed by atoms with Crippen molar-refractivity contribution in [1.29, 1.82) is 0 Å². The van der Waals surface area contributed by atoms with Gasteiger partial charge in [0.2, 0.25) is 5.95 Å². The van der Waals surface area contributed by atoms with Crippen molar-refractivity contribution >= 4 is 29.2 Å². The van der Waals surface area contributed by atoms with Gasteiger partial charge in [0.25, 0.3) is 5.91 Å². The Kier molecular flexibility index (Phi) is 6.03. The summed E-state index contributed by atoms with van der Waals surface area (Å²) < 4.78 is 9.86. The molecule has 1 heterocycles. The molecule has 148 valence electrons. The van der Waals surface area contributed by atoms with E-state index in [0.717, 1.165) is 5.69 Å². The predicted molar refractivity (Wildman–Crippen MR) is 109 cm³/mol. The lowest BCUT2D eigenvalue weighted by Crippen LogP contribution is -2.15. The van der Waals surface area contributed by atoms with E-state index >= 15 is 0 Å². The van der Waals surface area contributed by atoms with Crippen molar-refractivity contribution < 1.29 is 19.1 Å². The molecule has 1 amide bonds. The van der Waals surface area contributed by atoms with Gasteiger partial charge >= 0.3 is 5.97 Å². The van der Waals surface area contributed by atoms with E-state index < -0.39 is 11.9 Å². The predicted octanol–water partition coefficient (Wildman–Crippen LogP) is 3.58. The average molecular weight is 392 g/mol. The Morgan fingerprint density at radius 3 is 2.38 bits per heavy atom. The molecule has 0 unspecified atom stereocenters. The van der Waals surface area contributed by atoms with Gasteiger partial charge in [0.15, 0.2) is 0 Å². The first-order chi connectivity index (χ1) is 14.0. The summed E-state index contributed by atoms with van der Waals surface area (Å²) in [7, 11) is 2.90. The molecule has 8 heteroatoms. The van der Waals surface area contributed by atoms with E-state index in [-0.39, 0.29) is 5.69 Å². The Morgan fingerprint density at radius 2 is 1.69 bits per heavy atom. The number of esters is 1. The molecule has 0 saturated carbocycles. The number of rotatable bonds is 6. The van der Waals surface area contributed by atoms with Crippen LogP contribution in [0.1, 0.15) is 26.5 Å². The largest absolute Gasteiger partial charge is 0.497 e. The number of hydrogen-bond donors (Lipinski definition) is 2. The van der Waals surface area contributed by atoms with Crippen LogP contribution in [0.3, 0.4) is 0 Å². The Hall–Kier alpha value is -3.94. The number of methoxy groups -OCH3 is 2. The van der Waals surface area contributed by atoms with Crippen LogP contribution in [0.15, 0.2) is 54.6 Å². The first-order valence-electron chi connectivity index (χ1n) is 8.75. The Bertz CT molecular complexity index is 1040. The standard InChI is InChI=1S/C21H20N4O4/c1-13-11-18(19(26)23-15-9-7-14(8-10-15)20(27)29-3)25-21(22-13)24-16-5-4-6-17(12-16)28-2/h4-12H,1-3H3,(H,23,26)(H,22,24,25). The number of nitrogens with zero attached hydrogens (tertiary/aromatic N) is 2. The number of carbonyl (C=O) groups is 2. The summed E-state index contributed by atoms with van der Waals surface area (Å²) >= 11 is 0. The molecular formula is C21H20N4O4. The number of anilines is 3. The van der Waals surface area contributed by atoms with Gasteiger partial charge in [0, 0.05) is 23.1 Å². The van der Waals surface area contributed by atoms with Crippen LogP contribution in [0, 0.1) is 6.92 Å². The van der Waals surface area contributed by atoms with Crippen molar-refractivity contribution in [3.63, 3.8) is 0 Å². The van der Waals surface area contributed by atoms with E-state index in [4.69, 9.17) is 4.74 Å². The average Bonchev–Trinajstić information content (AvgIpc) is 2.73. The van der Waals surface area contributed by atoms with Gasteiger partial charge < -0.3 is 20.1 Å². The molecule has 0 aliphatic rings. The van der Waals surface area contributed by atoms with Crippen LogP contribution < -0.4 is 15.4 Å². The maximum absolute atomic E-state index is 12.6. The number of benzene rings is 2. The van der Waals surface area contributed by atoms with Gasteiger partial charge in [-0.3, -0.25) is 4.79 Å². The molecule has 0 aliphatic heterocycles. The zero-order valence-corrected chi connectivity index (χ0v) is 16.2. The molecule has 0 saturated heterocycles. The van der Waals surface area contributed by atoms with Gasteiger partial charge in [-0.2, -0.15) is 0 Å². The summed E-state index contributed by atoms with van der Waals surface area (Å²) in [6.45, 7) is 1.78. The SMILES string of the molecule is COC(=O)c1ccc(NC(=O)c2cc(C)nc(Nc3cccc(OC)c3)n2)cc1. The second-order valence-corrected chi connectivity index (χ2v) is 6.10. The van der Waals surface area contributed by atoms with Gasteiger partial charge in [-0.05, 0) is 49.4 Å². The molecule has 0 atom stereocenters. The number of aryl methyl sites for hydroxylation is 1. The minimum Gasteiger partial charge on any atom is -0.497 e. The highest BCUT2D eigenvalue weighted by atomic mass is 16.5. The number of carbonyl (C=O) groups excluding carboxylic acids is 2. The Balaban J connectivity index is 1.76. The number of aromatic nitrogens is 2. The second-order valence-electron chi connectivity index (χ2n) is 6.10. The summed E-state index contributed by atoms with van der Waals surface area (Å²) in [6, 6.07) is 15.3. The van der Waals surface area contributed by atoms with Crippen molar-refractivity contribution in [3.05, 3.63) is 71.5 Å². The molecule has 2 N–H and O–H groups in total. The quantitative estimate of drug-likeness (QED) is 0.618. The molecule has 8 nitrogen and oxygen atoms in total. The van der Waals surface area contributed by atoms with Gasteiger partial charge in [0.05, 0.1) is 19.8 Å². The van der Waals surface area contributed by atoms with Crippen LogP contribution in [-0.2, 0) is 4.74 Å². The van der Waals surface area contributed by atoms with E-state index in [0.29, 0.717) is 28.6 Å². The first kappa shape index (κ1) is 19.8. The van der Waals surface area contributed by atoms with Crippen LogP contribution in [0.5, 0.6) is 5.75 Å². The van der Waals surface area contributed by atoms with E-state index in [2.05, 4.69) is 25.3 Å². The minimum absolute atomic E-state index is 0.208. The highest BCUT2D eigenvalue weighted by Gasteiger charge is 2.12. The summed E-state index contributed by atoms with van der Waals surface area (Å²) in [4.78, 5) is 32.7. The van der Waals surface area contributed by atoms with Crippen molar-refractivity contribution in [1.82, 2.24) is 9.97 Å². The number of hydrogen-bond acceptors (Lipinski definition) is 7. The van der Waals surface area contributed by atoms with Crippen molar-refractivity contribution in [2.75, 3.05) is 24.9 Å². The normalized spacial score (nSPS) is 10.2. The summed E-state index contributed by atoms with van der Waals surface area (Å²) in [6.07, 6.45) is 0. The van der Waals surface area contributed by atoms with Crippen molar-refractivity contribution in [2.45, 2.75) is 6.92 Å². The lowest BCUT2D eigenvalue weighted by atomic mass is 10.2. The lowest BCUT2D eigenvalue weighted by Gasteiger charge is -2.10. The van der Waals surface area contributed by atoms with Crippen LogP contribution in [0.4, 0.5) is 17.3 Å². The highest BCUT2D eigenvalue weighted by molar-refractivity contribution is 6.03. The van der Waals surface area contributed by atoms with Crippen LogP contribution in [-0.4, -0.2) is 36.1 Å². The van der Waals surface area contributed by atoms with Crippen molar-refractivity contribution in [3.8, 4) is 5.75 Å². The maximum Gasteiger partial charge on any atom is 0.337 e.